The molecule has 0 spiro atoms. The van der Waals surface area contributed by atoms with Crippen molar-refractivity contribution in [3.05, 3.63) is 47.5 Å². The Kier molecular flexibility index (Phi) is 21.9. The van der Waals surface area contributed by atoms with E-state index in [1.807, 2.05) is 41.2 Å². The molecule has 13 nitrogen and oxygen atoms in total. The summed E-state index contributed by atoms with van der Waals surface area (Å²) in [6.07, 6.45) is -13.5. The second-order valence-corrected chi connectivity index (χ2v) is 19.7. The van der Waals surface area contributed by atoms with Gasteiger partial charge in [0, 0.05) is 65.4 Å². The summed E-state index contributed by atoms with van der Waals surface area (Å²) < 4.78 is 130. The average molecular weight is 893 g/mol. The second kappa shape index (κ2) is 24.7. The van der Waals surface area contributed by atoms with Gasteiger partial charge in [-0.1, -0.05) is 12.1 Å². The number of ether oxygens (including phenoxy) is 2. The van der Waals surface area contributed by atoms with Gasteiger partial charge in [-0.3, -0.25) is 0 Å². The third-order valence-corrected chi connectivity index (χ3v) is 15.3. The minimum Gasteiger partial charge on any atom is -0.506 e. The van der Waals surface area contributed by atoms with E-state index in [2.05, 4.69) is 10.6 Å². The maximum absolute atomic E-state index is 15.1. The molecule has 0 aliphatic rings. The average Bonchev–Trinajstić information content (AvgIpc) is 3.14. The third kappa shape index (κ3) is 15.3. The van der Waals surface area contributed by atoms with Crippen molar-refractivity contribution in [1.29, 1.82) is 0 Å². The standard InChI is InChI=1S/C38H62F6N2O11Si2/c1-7-53-58(6,54-8-2)20-12-18-51-26-30(47)24-45-32-22-28(14-16-34(32)49)36(37(39,40)41,38(42,43)44)29-15-17-35(50)33(23-29)46-25-31(48)27-52-19-13-21-59(55-9-3,56-10-4)57-11-5/h14-17,22-23,30-31,45-50H,7-13,18-21,24-27H2,1-6H3. The molecule has 2 aromatic carbocycles. The van der Waals surface area contributed by atoms with E-state index in [0.29, 0.717) is 94.4 Å². The molecule has 0 saturated carbocycles. The third-order valence-electron chi connectivity index (χ3n) is 9.07. The van der Waals surface area contributed by atoms with Crippen molar-refractivity contribution in [2.24, 2.45) is 0 Å². The molecule has 0 aliphatic carbocycles. The molecule has 2 atom stereocenters. The first-order chi connectivity index (χ1) is 27.8. The van der Waals surface area contributed by atoms with Crippen LogP contribution in [0.4, 0.5) is 37.7 Å². The SMILES string of the molecule is CCO[Si](C)(CCCOCC(O)CNc1cc(C(c2ccc(O)c(NCC(O)COCCC[Si](OCC)(OCC)OCC)c2)(C(F)(F)F)C(F)(F)F)ccc1O)OCC. The van der Waals surface area contributed by atoms with Crippen LogP contribution in [0.3, 0.4) is 0 Å². The summed E-state index contributed by atoms with van der Waals surface area (Å²) in [4.78, 5) is 0. The summed E-state index contributed by atoms with van der Waals surface area (Å²) in [5, 5.41) is 46.9. The van der Waals surface area contributed by atoms with E-state index in [0.717, 1.165) is 0 Å². The molecule has 21 heteroatoms. The van der Waals surface area contributed by atoms with Gasteiger partial charge in [0.2, 0.25) is 5.41 Å². The highest BCUT2D eigenvalue weighted by Gasteiger charge is 2.72. The molecule has 0 saturated heterocycles. The second-order valence-electron chi connectivity index (χ2n) is 13.6. The van der Waals surface area contributed by atoms with Crippen LogP contribution in [0.5, 0.6) is 11.5 Å². The van der Waals surface area contributed by atoms with E-state index in [4.69, 9.17) is 31.6 Å². The van der Waals surface area contributed by atoms with Gasteiger partial charge in [0.05, 0.1) is 36.8 Å². The molecule has 0 bridgehead atoms. The molecule has 0 amide bonds. The Bertz CT molecular complexity index is 1480. The van der Waals surface area contributed by atoms with Crippen LogP contribution < -0.4 is 10.6 Å². The summed E-state index contributed by atoms with van der Waals surface area (Å²) in [5.74, 6) is -1.34. The molecule has 6 N–H and O–H groups in total. The minimum atomic E-state index is -6.00. The van der Waals surface area contributed by atoms with Crippen molar-refractivity contribution < 1.29 is 78.4 Å². The van der Waals surface area contributed by atoms with Crippen molar-refractivity contribution in [1.82, 2.24) is 0 Å². The molecule has 340 valence electrons. The Morgan fingerprint density at radius 1 is 0.593 bits per heavy atom. The molecule has 2 unspecified atom stereocenters. The van der Waals surface area contributed by atoms with Gasteiger partial charge < -0.3 is 62.7 Å². The van der Waals surface area contributed by atoms with Crippen LogP contribution in [0.1, 0.15) is 58.6 Å². The summed E-state index contributed by atoms with van der Waals surface area (Å²) in [5.41, 5.74) is -8.26. The maximum Gasteiger partial charge on any atom is 0.501 e. The highest BCUT2D eigenvalue weighted by atomic mass is 28.4. The Labute approximate surface area is 344 Å². The Hall–Kier alpha value is -2.71. The van der Waals surface area contributed by atoms with Crippen LogP contribution in [-0.2, 0) is 37.0 Å². The summed E-state index contributed by atoms with van der Waals surface area (Å²) in [6, 6.07) is 4.49. The van der Waals surface area contributed by atoms with Crippen molar-refractivity contribution >= 4 is 28.7 Å². The predicted octanol–water partition coefficient (Wildman–Crippen LogP) is 7.06. The zero-order chi connectivity index (χ0) is 44.3. The van der Waals surface area contributed by atoms with Crippen molar-refractivity contribution in [3.63, 3.8) is 0 Å². The monoisotopic (exact) mass is 892 g/mol. The van der Waals surface area contributed by atoms with E-state index in [-0.39, 0.29) is 33.0 Å². The number of hydrogen-bond donors (Lipinski definition) is 6. The van der Waals surface area contributed by atoms with Gasteiger partial charge >= 0.3 is 29.7 Å². The number of phenolic OH excluding ortho intramolecular Hbond substituents is 2. The molecule has 0 aromatic heterocycles. The first kappa shape index (κ1) is 52.4. The molecule has 59 heavy (non-hydrogen) atoms. The van der Waals surface area contributed by atoms with Gasteiger partial charge in [-0.05, 0) is 95.4 Å². The van der Waals surface area contributed by atoms with E-state index in [1.165, 1.54) is 0 Å². The number of benzene rings is 2. The van der Waals surface area contributed by atoms with Crippen molar-refractivity contribution in [2.45, 2.75) is 96.1 Å². The molecule has 2 aromatic rings. The summed E-state index contributed by atoms with van der Waals surface area (Å²) in [7, 11) is -5.30. The van der Waals surface area contributed by atoms with Crippen molar-refractivity contribution in [2.75, 3.05) is 83.2 Å². The maximum atomic E-state index is 15.1. The van der Waals surface area contributed by atoms with E-state index >= 15 is 26.3 Å². The number of anilines is 2. The Morgan fingerprint density at radius 2 is 0.966 bits per heavy atom. The Morgan fingerprint density at radius 3 is 1.32 bits per heavy atom. The normalized spacial score (nSPS) is 14.1. The van der Waals surface area contributed by atoms with Gasteiger partial charge in [-0.2, -0.15) is 26.3 Å². The summed E-state index contributed by atoms with van der Waals surface area (Å²) in [6.45, 7) is 12.4. The fourth-order valence-corrected chi connectivity index (χ4v) is 11.5. The zero-order valence-corrected chi connectivity index (χ0v) is 36.6. The lowest BCUT2D eigenvalue weighted by molar-refractivity contribution is -0.288. The van der Waals surface area contributed by atoms with Crippen LogP contribution in [-0.4, -0.2) is 135 Å². The number of alkyl halides is 6. The van der Waals surface area contributed by atoms with E-state index in [9.17, 15) is 20.4 Å². The molecular formula is C38H62F6N2O11Si2. The predicted molar refractivity (Wildman–Crippen MR) is 214 cm³/mol. The van der Waals surface area contributed by atoms with Crippen LogP contribution in [0.15, 0.2) is 36.4 Å². The topological polar surface area (TPSA) is 170 Å². The molecule has 0 heterocycles. The van der Waals surface area contributed by atoms with Gasteiger partial charge in [-0.25, -0.2) is 0 Å². The highest BCUT2D eigenvalue weighted by molar-refractivity contribution is 6.66. The largest absolute Gasteiger partial charge is 0.506 e. The van der Waals surface area contributed by atoms with Crippen LogP contribution >= 0.6 is 0 Å². The van der Waals surface area contributed by atoms with Crippen molar-refractivity contribution in [3.8, 4) is 11.5 Å². The Balaban J connectivity index is 2.20. The minimum absolute atomic E-state index is 0.168. The van der Waals surface area contributed by atoms with Crippen LogP contribution in [0.2, 0.25) is 18.6 Å². The number of aliphatic hydroxyl groups is 2. The number of phenols is 2. The van der Waals surface area contributed by atoms with E-state index < -0.39 is 87.9 Å². The first-order valence-corrected chi connectivity index (χ1v) is 24.2. The quantitative estimate of drug-likeness (QED) is 0.0204. The fraction of sp³-hybridized carbons (Fsp3) is 0.684. The summed E-state index contributed by atoms with van der Waals surface area (Å²) >= 11 is 0. The lowest BCUT2D eigenvalue weighted by Gasteiger charge is -2.38. The first-order valence-electron chi connectivity index (χ1n) is 19.8. The number of nitrogens with one attached hydrogen (secondary N) is 2. The van der Waals surface area contributed by atoms with Crippen LogP contribution in [0, 0.1) is 0 Å². The number of rotatable bonds is 30. The fourth-order valence-electron chi connectivity index (χ4n) is 6.50. The molecule has 0 radical (unpaired) electrons. The van der Waals surface area contributed by atoms with Gasteiger partial charge in [-0.15, -0.1) is 0 Å². The molecular weight excluding hydrogens is 831 g/mol. The van der Waals surface area contributed by atoms with Crippen LogP contribution in [0.25, 0.3) is 0 Å². The van der Waals surface area contributed by atoms with Gasteiger partial charge in [0.15, 0.2) is 0 Å². The number of aromatic hydroxyl groups is 2. The molecule has 0 aliphatic heterocycles. The highest BCUT2D eigenvalue weighted by Crippen LogP contribution is 2.57. The van der Waals surface area contributed by atoms with Gasteiger partial charge in [0.1, 0.15) is 11.5 Å². The van der Waals surface area contributed by atoms with E-state index in [1.54, 1.807) is 0 Å². The smallest absolute Gasteiger partial charge is 0.501 e. The molecule has 2 rings (SSSR count). The van der Waals surface area contributed by atoms with Gasteiger partial charge in [0.25, 0.3) is 0 Å². The zero-order valence-electron chi connectivity index (χ0n) is 34.6. The number of aliphatic hydroxyl groups excluding tert-OH is 2. The lowest BCUT2D eigenvalue weighted by atomic mass is 9.72. The number of halogens is 6. The number of hydrogen-bond acceptors (Lipinski definition) is 13. The lowest BCUT2D eigenvalue weighted by Crippen LogP contribution is -2.54. The molecule has 0 fully saturated rings.